The molecule has 200 valence electrons. The van der Waals surface area contributed by atoms with Gasteiger partial charge < -0.3 is 4.74 Å². The lowest BCUT2D eigenvalue weighted by Crippen LogP contribution is -2.25. The second kappa shape index (κ2) is 11.6. The van der Waals surface area contributed by atoms with Gasteiger partial charge in [-0.1, -0.05) is 58.9 Å². The van der Waals surface area contributed by atoms with Crippen molar-refractivity contribution < 1.29 is 14.1 Å². The highest BCUT2D eigenvalue weighted by atomic mass is 79.9. The van der Waals surface area contributed by atoms with E-state index in [0.717, 1.165) is 36.6 Å². The number of halogens is 3. The first-order chi connectivity index (χ1) is 18.8. The molecule has 0 atom stereocenters. The van der Waals surface area contributed by atoms with Crippen LogP contribution >= 0.6 is 27.5 Å². The van der Waals surface area contributed by atoms with E-state index in [0.29, 0.717) is 22.3 Å². The number of benzene rings is 3. The average Bonchev–Trinajstić information content (AvgIpc) is 2.92. The second-order valence-electron chi connectivity index (χ2n) is 9.35. The van der Waals surface area contributed by atoms with Gasteiger partial charge in [-0.25, -0.2) is 9.37 Å². The van der Waals surface area contributed by atoms with Crippen LogP contribution in [-0.4, -0.2) is 20.8 Å². The van der Waals surface area contributed by atoms with Gasteiger partial charge in [-0.3, -0.25) is 14.9 Å². The maximum absolute atomic E-state index is 13.7. The molecule has 4 aromatic rings. The van der Waals surface area contributed by atoms with Crippen molar-refractivity contribution in [3.63, 3.8) is 0 Å². The van der Waals surface area contributed by atoms with Crippen LogP contribution < -0.4 is 10.3 Å². The van der Waals surface area contributed by atoms with Gasteiger partial charge in [0.1, 0.15) is 18.2 Å². The van der Waals surface area contributed by atoms with Crippen LogP contribution in [0, 0.1) is 15.9 Å². The van der Waals surface area contributed by atoms with Gasteiger partial charge in [0.25, 0.3) is 5.56 Å². The van der Waals surface area contributed by atoms with E-state index in [1.54, 1.807) is 18.2 Å². The van der Waals surface area contributed by atoms with E-state index in [2.05, 4.69) is 21.0 Å². The molecule has 1 fully saturated rings. The first-order valence-corrected chi connectivity index (χ1v) is 13.6. The third-order valence-corrected chi connectivity index (χ3v) is 7.36. The molecule has 0 radical (unpaired) electrons. The van der Waals surface area contributed by atoms with Crippen molar-refractivity contribution in [3.8, 4) is 5.75 Å². The molecule has 1 heterocycles. The van der Waals surface area contributed by atoms with Gasteiger partial charge in [0.15, 0.2) is 0 Å². The number of rotatable bonds is 7. The van der Waals surface area contributed by atoms with Crippen LogP contribution in [0.15, 0.2) is 69.0 Å². The number of nitrogens with zero attached hydrogens (tertiary/aromatic N) is 4. The van der Waals surface area contributed by atoms with Crippen molar-refractivity contribution in [2.45, 2.75) is 44.6 Å². The molecule has 8 nitrogen and oxygen atoms in total. The van der Waals surface area contributed by atoms with E-state index in [1.807, 2.05) is 6.07 Å². The Labute approximate surface area is 236 Å². The van der Waals surface area contributed by atoms with E-state index < -0.39 is 10.7 Å². The number of hydrogen-bond donors (Lipinski definition) is 0. The molecule has 11 heteroatoms. The van der Waals surface area contributed by atoms with Crippen molar-refractivity contribution in [1.82, 2.24) is 9.66 Å². The van der Waals surface area contributed by atoms with E-state index in [9.17, 15) is 19.3 Å². The number of aromatic nitrogens is 2. The molecule has 1 aliphatic rings. The van der Waals surface area contributed by atoms with Crippen LogP contribution in [0.3, 0.4) is 0 Å². The van der Waals surface area contributed by atoms with Crippen LogP contribution in [-0.2, 0) is 6.61 Å². The molecular weight excluding hydrogens is 591 g/mol. The number of nitro groups is 1. The summed E-state index contributed by atoms with van der Waals surface area (Å²) in [6.07, 6.45) is 6.27. The highest BCUT2D eigenvalue weighted by molar-refractivity contribution is 9.10. The van der Waals surface area contributed by atoms with Crippen molar-refractivity contribution in [3.05, 3.63) is 107 Å². The van der Waals surface area contributed by atoms with E-state index in [4.69, 9.17) is 21.3 Å². The van der Waals surface area contributed by atoms with Crippen molar-refractivity contribution in [2.75, 3.05) is 0 Å². The maximum Gasteiger partial charge on any atom is 0.313 e. The summed E-state index contributed by atoms with van der Waals surface area (Å²) in [5.41, 5.74) is 0.536. The number of ether oxygens (including phenoxy) is 1. The van der Waals surface area contributed by atoms with E-state index in [1.165, 1.54) is 41.2 Å². The summed E-state index contributed by atoms with van der Waals surface area (Å²) >= 11 is 9.62. The fraction of sp³-hybridized carbons (Fsp3) is 0.250. The Kier molecular flexibility index (Phi) is 8.04. The third-order valence-electron chi connectivity index (χ3n) is 6.65. The zero-order valence-electron chi connectivity index (χ0n) is 20.6. The van der Waals surface area contributed by atoms with Gasteiger partial charge in [-0.15, -0.1) is 0 Å². The molecule has 0 unspecified atom stereocenters. The molecule has 1 aliphatic carbocycles. The Morgan fingerprint density at radius 1 is 1.18 bits per heavy atom. The summed E-state index contributed by atoms with van der Waals surface area (Å²) < 4.78 is 21.5. The average molecular weight is 614 g/mol. The first kappa shape index (κ1) is 27.0. The van der Waals surface area contributed by atoms with Gasteiger partial charge in [-0.2, -0.15) is 9.78 Å². The number of fused-ring (bicyclic) bond motifs is 1. The lowest BCUT2D eigenvalue weighted by atomic mass is 9.88. The summed E-state index contributed by atoms with van der Waals surface area (Å²) in [4.78, 5) is 29.7. The molecule has 39 heavy (non-hydrogen) atoms. The third kappa shape index (κ3) is 6.02. The van der Waals surface area contributed by atoms with Crippen molar-refractivity contribution in [2.24, 2.45) is 5.10 Å². The molecule has 0 amide bonds. The molecule has 1 aromatic heterocycles. The Balaban J connectivity index is 1.61. The molecule has 0 N–H and O–H groups in total. The minimum atomic E-state index is -0.612. The number of hydrogen-bond acceptors (Lipinski definition) is 6. The molecular formula is C28H23BrClFN4O4. The van der Waals surface area contributed by atoms with Crippen LogP contribution in [0.5, 0.6) is 5.75 Å². The van der Waals surface area contributed by atoms with Crippen LogP contribution in [0.4, 0.5) is 10.1 Å². The maximum atomic E-state index is 13.7. The zero-order valence-corrected chi connectivity index (χ0v) is 23.0. The molecule has 0 aliphatic heterocycles. The highest BCUT2D eigenvalue weighted by Crippen LogP contribution is 2.35. The topological polar surface area (TPSA) is 99.6 Å². The van der Waals surface area contributed by atoms with Crippen LogP contribution in [0.25, 0.3) is 10.9 Å². The molecule has 5 rings (SSSR count). The van der Waals surface area contributed by atoms with Gasteiger partial charge in [0.2, 0.25) is 5.75 Å². The monoisotopic (exact) mass is 612 g/mol. The van der Waals surface area contributed by atoms with Crippen molar-refractivity contribution >= 4 is 50.3 Å². The summed E-state index contributed by atoms with van der Waals surface area (Å²) in [6.45, 7) is -0.125. The standard InChI is InChI=1S/C28H23BrClFN4O4/c29-20-9-10-24-23(13-20)28(36)34(27(33-24)18-6-2-1-3-7-18)32-15-19-12-21(30)14-25(35(37)38)26(19)39-16-17-5-4-8-22(31)11-17/h4-5,8-15,18H,1-3,6-7,16H2. The Bertz CT molecular complexity index is 1650. The Morgan fingerprint density at radius 3 is 2.72 bits per heavy atom. The summed E-state index contributed by atoms with van der Waals surface area (Å²) in [5.74, 6) is 0.0493. The second-order valence-corrected chi connectivity index (χ2v) is 10.7. The first-order valence-electron chi connectivity index (χ1n) is 12.4. The molecule has 0 bridgehead atoms. The fourth-order valence-electron chi connectivity index (χ4n) is 4.79. The molecule has 0 spiro atoms. The quantitative estimate of drug-likeness (QED) is 0.123. The largest absolute Gasteiger partial charge is 0.481 e. The zero-order chi connectivity index (χ0) is 27.5. The lowest BCUT2D eigenvalue weighted by molar-refractivity contribution is -0.385. The lowest BCUT2D eigenvalue weighted by Gasteiger charge is -2.22. The minimum Gasteiger partial charge on any atom is -0.481 e. The van der Waals surface area contributed by atoms with Crippen molar-refractivity contribution in [1.29, 1.82) is 0 Å². The summed E-state index contributed by atoms with van der Waals surface area (Å²) in [7, 11) is 0. The predicted molar refractivity (Wildman–Crippen MR) is 151 cm³/mol. The minimum absolute atomic E-state index is 0.0500. The summed E-state index contributed by atoms with van der Waals surface area (Å²) in [6, 6.07) is 13.7. The van der Waals surface area contributed by atoms with Crippen LogP contribution in [0.2, 0.25) is 5.02 Å². The van der Waals surface area contributed by atoms with Crippen LogP contribution in [0.1, 0.15) is 55.0 Å². The van der Waals surface area contributed by atoms with Gasteiger partial charge in [-0.05, 0) is 54.8 Å². The van der Waals surface area contributed by atoms with E-state index in [-0.39, 0.29) is 40.1 Å². The Hall–Kier alpha value is -3.63. The van der Waals surface area contributed by atoms with E-state index >= 15 is 0 Å². The van der Waals surface area contributed by atoms with Gasteiger partial charge in [0.05, 0.1) is 22.0 Å². The number of nitro benzene ring substituents is 1. The molecule has 0 saturated heterocycles. The molecule has 3 aromatic carbocycles. The Morgan fingerprint density at radius 2 is 1.97 bits per heavy atom. The van der Waals surface area contributed by atoms with Gasteiger partial charge >= 0.3 is 5.69 Å². The smallest absolute Gasteiger partial charge is 0.313 e. The summed E-state index contributed by atoms with van der Waals surface area (Å²) in [5, 5.41) is 16.8. The molecule has 1 saturated carbocycles. The normalized spacial score (nSPS) is 14.2. The highest BCUT2D eigenvalue weighted by Gasteiger charge is 2.24. The predicted octanol–water partition coefficient (Wildman–Crippen LogP) is 7.37. The SMILES string of the molecule is O=c1c2cc(Br)ccc2nc(C2CCCCC2)n1N=Cc1cc(Cl)cc([N+](=O)[O-])c1OCc1cccc(F)c1. The van der Waals surface area contributed by atoms with Gasteiger partial charge in [0, 0.05) is 27.0 Å². The fourth-order valence-corrected chi connectivity index (χ4v) is 5.38.